The molecule has 0 radical (unpaired) electrons. The van der Waals surface area contributed by atoms with Crippen LogP contribution in [0.25, 0.3) is 0 Å². The summed E-state index contributed by atoms with van der Waals surface area (Å²) in [5.74, 6) is 0.681. The zero-order valence-corrected chi connectivity index (χ0v) is 18.7. The number of amides is 1. The quantitative estimate of drug-likeness (QED) is 0.309. The van der Waals surface area contributed by atoms with Gasteiger partial charge in [0.05, 0.1) is 6.54 Å². The summed E-state index contributed by atoms with van der Waals surface area (Å²) >= 11 is 6.01. The first-order valence-electron chi connectivity index (χ1n) is 8.70. The molecule has 0 aromatic heterocycles. The topological polar surface area (TPSA) is 65.5 Å². The Hall–Kier alpha value is -1.80. The maximum Gasteiger partial charge on any atom is 0.251 e. The molecule has 1 amide bonds. The van der Waals surface area contributed by atoms with E-state index in [9.17, 15) is 4.79 Å². The fourth-order valence-corrected chi connectivity index (χ4v) is 2.65. The molecule has 3 N–H and O–H groups in total. The highest BCUT2D eigenvalue weighted by Crippen LogP contribution is 2.10. The van der Waals surface area contributed by atoms with Crippen LogP contribution in [-0.2, 0) is 13.0 Å². The lowest BCUT2D eigenvalue weighted by molar-refractivity contribution is 0.0963. The van der Waals surface area contributed by atoms with Crippen molar-refractivity contribution >= 4 is 47.4 Å². The highest BCUT2D eigenvalue weighted by Gasteiger charge is 2.03. The van der Waals surface area contributed by atoms with Crippen molar-refractivity contribution in [1.82, 2.24) is 16.0 Å². The molecule has 27 heavy (non-hydrogen) atoms. The SMILES string of the molecule is CCNC(=NCc1ccc(C(=O)NC)cc1)NCCc1cccc(Cl)c1.I. The lowest BCUT2D eigenvalue weighted by Gasteiger charge is -2.11. The van der Waals surface area contributed by atoms with Crippen molar-refractivity contribution in [3.05, 3.63) is 70.2 Å². The lowest BCUT2D eigenvalue weighted by Crippen LogP contribution is -2.38. The van der Waals surface area contributed by atoms with Crippen molar-refractivity contribution in [2.45, 2.75) is 19.9 Å². The monoisotopic (exact) mass is 500 g/mol. The summed E-state index contributed by atoms with van der Waals surface area (Å²) in [7, 11) is 1.62. The van der Waals surface area contributed by atoms with Gasteiger partial charge in [-0.15, -0.1) is 24.0 Å². The zero-order chi connectivity index (χ0) is 18.8. The second-order valence-electron chi connectivity index (χ2n) is 5.78. The van der Waals surface area contributed by atoms with Gasteiger partial charge in [0, 0.05) is 30.7 Å². The first-order chi connectivity index (χ1) is 12.6. The number of nitrogens with zero attached hydrogens (tertiary/aromatic N) is 1. The number of carbonyl (C=O) groups is 1. The van der Waals surface area contributed by atoms with E-state index in [0.29, 0.717) is 12.1 Å². The van der Waals surface area contributed by atoms with Crippen LogP contribution < -0.4 is 16.0 Å². The third-order valence-electron chi connectivity index (χ3n) is 3.80. The van der Waals surface area contributed by atoms with Crippen molar-refractivity contribution in [3.63, 3.8) is 0 Å². The number of halogens is 2. The second kappa shape index (κ2) is 12.6. The van der Waals surface area contributed by atoms with Gasteiger partial charge in [-0.1, -0.05) is 35.9 Å². The molecular formula is C20H26ClIN4O. The number of carbonyl (C=O) groups excluding carboxylic acids is 1. The van der Waals surface area contributed by atoms with E-state index in [-0.39, 0.29) is 29.9 Å². The number of benzene rings is 2. The van der Waals surface area contributed by atoms with Crippen molar-refractivity contribution in [3.8, 4) is 0 Å². The van der Waals surface area contributed by atoms with E-state index < -0.39 is 0 Å². The minimum Gasteiger partial charge on any atom is -0.357 e. The van der Waals surface area contributed by atoms with Gasteiger partial charge in [0.2, 0.25) is 0 Å². The molecule has 0 bridgehead atoms. The van der Waals surface area contributed by atoms with Gasteiger partial charge in [-0.05, 0) is 48.7 Å². The Balaban J connectivity index is 0.00000364. The number of aliphatic imine (C=N–C) groups is 1. The standard InChI is InChI=1S/C20H25ClN4O.HI/c1-3-23-20(24-12-11-15-5-4-6-18(21)13-15)25-14-16-7-9-17(10-8-16)19(26)22-2;/h4-10,13H,3,11-12,14H2,1-2H3,(H,22,26)(H2,23,24,25);1H. The van der Waals surface area contributed by atoms with Gasteiger partial charge in [0.25, 0.3) is 5.91 Å². The molecule has 0 saturated carbocycles. The average molecular weight is 501 g/mol. The number of hydrogen-bond donors (Lipinski definition) is 3. The van der Waals surface area contributed by atoms with E-state index in [4.69, 9.17) is 11.6 Å². The average Bonchev–Trinajstić information content (AvgIpc) is 2.66. The van der Waals surface area contributed by atoms with E-state index in [0.717, 1.165) is 36.1 Å². The van der Waals surface area contributed by atoms with Gasteiger partial charge in [-0.25, -0.2) is 4.99 Å². The Morgan fingerprint density at radius 1 is 1.07 bits per heavy atom. The Morgan fingerprint density at radius 3 is 2.44 bits per heavy atom. The normalized spacial score (nSPS) is 10.7. The van der Waals surface area contributed by atoms with Crippen LogP contribution >= 0.6 is 35.6 Å². The molecule has 0 saturated heterocycles. The van der Waals surface area contributed by atoms with Gasteiger partial charge in [-0.2, -0.15) is 0 Å². The Labute approximate surface area is 183 Å². The van der Waals surface area contributed by atoms with Crippen LogP contribution in [-0.4, -0.2) is 32.0 Å². The smallest absolute Gasteiger partial charge is 0.251 e. The molecule has 0 unspecified atom stereocenters. The maximum atomic E-state index is 11.6. The molecular weight excluding hydrogens is 475 g/mol. The number of nitrogens with one attached hydrogen (secondary N) is 3. The molecule has 0 heterocycles. The lowest BCUT2D eigenvalue weighted by atomic mass is 10.1. The number of hydrogen-bond acceptors (Lipinski definition) is 2. The minimum atomic E-state index is -0.0870. The fraction of sp³-hybridized carbons (Fsp3) is 0.300. The minimum absolute atomic E-state index is 0. The van der Waals surface area contributed by atoms with Crippen molar-refractivity contribution < 1.29 is 4.79 Å². The van der Waals surface area contributed by atoms with Gasteiger partial charge < -0.3 is 16.0 Å². The third kappa shape index (κ3) is 8.17. The van der Waals surface area contributed by atoms with Gasteiger partial charge in [0.15, 0.2) is 5.96 Å². The molecule has 0 fully saturated rings. The summed E-state index contributed by atoms with van der Waals surface area (Å²) in [4.78, 5) is 16.2. The van der Waals surface area contributed by atoms with Crippen molar-refractivity contribution in [1.29, 1.82) is 0 Å². The molecule has 0 aliphatic rings. The van der Waals surface area contributed by atoms with E-state index in [1.807, 2.05) is 49.4 Å². The van der Waals surface area contributed by atoms with E-state index >= 15 is 0 Å². The molecule has 2 aromatic rings. The summed E-state index contributed by atoms with van der Waals surface area (Å²) in [6, 6.07) is 15.3. The highest BCUT2D eigenvalue weighted by atomic mass is 127. The number of rotatable bonds is 7. The summed E-state index contributed by atoms with van der Waals surface area (Å²) in [5.41, 5.74) is 2.88. The van der Waals surface area contributed by atoms with Gasteiger partial charge >= 0.3 is 0 Å². The van der Waals surface area contributed by atoms with Gasteiger partial charge in [0.1, 0.15) is 0 Å². The van der Waals surface area contributed by atoms with Crippen molar-refractivity contribution in [2.24, 2.45) is 4.99 Å². The Bertz CT molecular complexity index is 750. The van der Waals surface area contributed by atoms with Crippen LogP contribution in [0.1, 0.15) is 28.4 Å². The van der Waals surface area contributed by atoms with E-state index in [1.54, 1.807) is 7.05 Å². The van der Waals surface area contributed by atoms with Crippen LogP contribution in [0, 0.1) is 0 Å². The Morgan fingerprint density at radius 2 is 1.81 bits per heavy atom. The molecule has 0 aliphatic carbocycles. The molecule has 7 heteroatoms. The summed E-state index contributed by atoms with van der Waals surface area (Å²) in [6.07, 6.45) is 0.867. The van der Waals surface area contributed by atoms with E-state index in [1.165, 1.54) is 5.56 Å². The molecule has 2 rings (SSSR count). The van der Waals surface area contributed by atoms with Gasteiger partial charge in [-0.3, -0.25) is 4.79 Å². The van der Waals surface area contributed by atoms with Crippen LogP contribution in [0.4, 0.5) is 0 Å². The first-order valence-corrected chi connectivity index (χ1v) is 9.07. The number of guanidine groups is 1. The molecule has 2 aromatic carbocycles. The fourth-order valence-electron chi connectivity index (χ4n) is 2.44. The predicted octanol–water partition coefficient (Wildman–Crippen LogP) is 3.62. The highest BCUT2D eigenvalue weighted by molar-refractivity contribution is 14.0. The van der Waals surface area contributed by atoms with Crippen LogP contribution in [0.2, 0.25) is 5.02 Å². The van der Waals surface area contributed by atoms with Crippen molar-refractivity contribution in [2.75, 3.05) is 20.1 Å². The molecule has 0 atom stereocenters. The summed E-state index contributed by atoms with van der Waals surface area (Å²) < 4.78 is 0. The molecule has 0 aliphatic heterocycles. The zero-order valence-electron chi connectivity index (χ0n) is 15.6. The molecule has 0 spiro atoms. The van der Waals surface area contributed by atoms with Crippen LogP contribution in [0.5, 0.6) is 0 Å². The van der Waals surface area contributed by atoms with Crippen LogP contribution in [0.3, 0.4) is 0 Å². The maximum absolute atomic E-state index is 11.6. The third-order valence-corrected chi connectivity index (χ3v) is 4.04. The Kier molecular flexibility index (Phi) is 10.8. The molecule has 5 nitrogen and oxygen atoms in total. The first kappa shape index (κ1) is 23.2. The largest absolute Gasteiger partial charge is 0.357 e. The summed E-state index contributed by atoms with van der Waals surface area (Å²) in [6.45, 7) is 4.13. The molecule has 146 valence electrons. The van der Waals surface area contributed by atoms with E-state index in [2.05, 4.69) is 27.0 Å². The predicted molar refractivity (Wildman–Crippen MR) is 123 cm³/mol. The second-order valence-corrected chi connectivity index (χ2v) is 6.21. The van der Waals surface area contributed by atoms with Crippen LogP contribution in [0.15, 0.2) is 53.5 Å². The summed E-state index contributed by atoms with van der Waals surface area (Å²) in [5, 5.41) is 9.93.